The Labute approximate surface area is 515 Å². The van der Waals surface area contributed by atoms with Crippen LogP contribution in [0.3, 0.4) is 0 Å². The van der Waals surface area contributed by atoms with Crippen molar-refractivity contribution in [3.05, 3.63) is 375 Å². The Bertz CT molecular complexity index is 4490. The predicted octanol–water partition coefficient (Wildman–Crippen LogP) is 18.2. The van der Waals surface area contributed by atoms with E-state index in [1.807, 2.05) is 72.8 Å². The monoisotopic (exact) mass is 1110 g/mol. The van der Waals surface area contributed by atoms with Crippen LogP contribution in [0.4, 0.5) is 17.1 Å². The van der Waals surface area contributed by atoms with E-state index in [4.69, 9.17) is 19.3 Å². The average Bonchev–Trinajstić information content (AvgIpc) is 1.63. The maximum atomic E-state index is 5.91. The quantitative estimate of drug-likeness (QED) is 0.150. The van der Waals surface area contributed by atoms with Gasteiger partial charge in [0, 0.05) is 50.4 Å². The summed E-state index contributed by atoms with van der Waals surface area (Å²) in [5.74, 6) is 30.9. The van der Waals surface area contributed by atoms with E-state index in [-0.39, 0.29) is 0 Å². The molecule has 0 fully saturated rings. The number of anilines is 3. The molecule has 15 rings (SSSR count). The van der Waals surface area contributed by atoms with Gasteiger partial charge in [0.2, 0.25) is 0 Å². The Morgan fingerprint density at radius 3 is 0.670 bits per heavy atom. The highest BCUT2D eigenvalue weighted by Gasteiger charge is 2.46. The first-order valence-corrected chi connectivity index (χ1v) is 29.4. The summed E-state index contributed by atoms with van der Waals surface area (Å²) in [6.45, 7) is 0. The molecule has 0 radical (unpaired) electrons. The van der Waals surface area contributed by atoms with Crippen LogP contribution in [0.5, 0.6) is 0 Å². The molecule has 404 valence electrons. The zero-order valence-corrected chi connectivity index (χ0v) is 47.9. The minimum absolute atomic E-state index is 0.790. The first-order valence-electron chi connectivity index (χ1n) is 29.4. The lowest BCUT2D eigenvalue weighted by molar-refractivity contribution is 0.835. The van der Waals surface area contributed by atoms with Crippen LogP contribution >= 0.6 is 0 Å². The molecule has 0 heterocycles. The third kappa shape index (κ3) is 8.40. The summed E-state index contributed by atoms with van der Waals surface area (Å²) >= 11 is 0. The number of nitrogens with zero attached hydrogens (tertiary/aromatic N) is 1. The maximum Gasteiger partial charge on any atom is 0.108 e. The van der Waals surface area contributed by atoms with Gasteiger partial charge in [-0.1, -0.05) is 253 Å². The molecule has 88 heavy (non-hydrogen) atoms. The molecule has 1 nitrogen and oxygen atoms in total. The maximum absolute atomic E-state index is 5.91. The number of terminal acetylenes is 3. The van der Waals surface area contributed by atoms with E-state index in [1.165, 1.54) is 33.4 Å². The fourth-order valence-electron chi connectivity index (χ4n) is 13.8. The topological polar surface area (TPSA) is 3.24 Å². The zero-order chi connectivity index (χ0) is 59.2. The largest absolute Gasteiger partial charge is 0.311 e. The highest BCUT2D eigenvalue weighted by molar-refractivity contribution is 5.90. The van der Waals surface area contributed by atoms with E-state index in [9.17, 15) is 0 Å². The number of hydrogen-bond acceptors (Lipinski definition) is 1. The summed E-state index contributed by atoms with van der Waals surface area (Å²) < 4.78 is 0. The van der Waals surface area contributed by atoms with Crippen LogP contribution in [0.1, 0.15) is 83.5 Å². The van der Waals surface area contributed by atoms with Crippen LogP contribution in [0.2, 0.25) is 0 Å². The average molecular weight is 1110 g/mol. The molecule has 1 heteroatoms. The number of benzene rings is 12. The van der Waals surface area contributed by atoms with Crippen molar-refractivity contribution in [3.8, 4) is 106 Å². The lowest BCUT2D eigenvalue weighted by atomic mass is 9.72. The van der Waals surface area contributed by atoms with Gasteiger partial charge in [0.05, 0.1) is 0 Å². The van der Waals surface area contributed by atoms with E-state index in [0.717, 1.165) is 101 Å². The van der Waals surface area contributed by atoms with Gasteiger partial charge in [0.15, 0.2) is 0 Å². The third-order valence-corrected chi connectivity index (χ3v) is 17.8. The van der Waals surface area contributed by atoms with Crippen molar-refractivity contribution >= 4 is 17.1 Å². The molecule has 0 bridgehead atoms. The van der Waals surface area contributed by atoms with Crippen LogP contribution in [-0.2, 0) is 16.2 Å². The summed E-state index contributed by atoms with van der Waals surface area (Å²) in [4.78, 5) is 2.35. The fraction of sp³-hybridized carbons (Fsp3) is 0.0345. The number of fused-ring (bicyclic) bond motifs is 9. The second kappa shape index (κ2) is 21.5. The second-order valence-electron chi connectivity index (χ2n) is 22.4. The summed E-state index contributed by atoms with van der Waals surface area (Å²) in [5, 5.41) is 0. The summed E-state index contributed by atoms with van der Waals surface area (Å²) in [6, 6.07) is 103. The molecule has 0 aliphatic heterocycles. The van der Waals surface area contributed by atoms with E-state index in [0.29, 0.717) is 0 Å². The summed E-state index contributed by atoms with van der Waals surface area (Å²) in [5.41, 5.74) is 22.4. The Hall–Kier alpha value is -12.2. The second-order valence-corrected chi connectivity index (χ2v) is 22.4. The predicted molar refractivity (Wildman–Crippen MR) is 360 cm³/mol. The fourth-order valence-corrected chi connectivity index (χ4v) is 13.8. The van der Waals surface area contributed by atoms with Gasteiger partial charge in [-0.2, -0.15) is 0 Å². The normalized spacial score (nSPS) is 13.2. The lowest BCUT2D eigenvalue weighted by Crippen LogP contribution is -2.26. The van der Waals surface area contributed by atoms with Crippen molar-refractivity contribution in [2.75, 3.05) is 4.90 Å². The Kier molecular flexibility index (Phi) is 12.8. The van der Waals surface area contributed by atoms with E-state index in [2.05, 4.69) is 277 Å². The van der Waals surface area contributed by atoms with E-state index >= 15 is 0 Å². The molecule has 0 aromatic heterocycles. The molecule has 3 aliphatic rings. The van der Waals surface area contributed by atoms with Gasteiger partial charge >= 0.3 is 0 Å². The Morgan fingerprint density at radius 2 is 0.443 bits per heavy atom. The van der Waals surface area contributed by atoms with Crippen LogP contribution in [0.15, 0.2) is 291 Å². The Balaban J connectivity index is 0.916. The zero-order valence-electron chi connectivity index (χ0n) is 47.9. The minimum Gasteiger partial charge on any atom is -0.311 e. The van der Waals surface area contributed by atoms with Crippen molar-refractivity contribution in [1.29, 1.82) is 0 Å². The molecule has 0 saturated carbocycles. The molecule has 0 N–H and O–H groups in total. The van der Waals surface area contributed by atoms with Crippen molar-refractivity contribution in [2.45, 2.75) is 16.2 Å². The van der Waals surface area contributed by atoms with Gasteiger partial charge in [0.1, 0.15) is 16.2 Å². The molecular formula is C87H51N. The summed E-state index contributed by atoms with van der Waals surface area (Å²) in [7, 11) is 0. The van der Waals surface area contributed by atoms with Gasteiger partial charge in [-0.25, -0.2) is 0 Å². The van der Waals surface area contributed by atoms with Crippen molar-refractivity contribution in [2.24, 2.45) is 0 Å². The van der Waals surface area contributed by atoms with Crippen molar-refractivity contribution < 1.29 is 0 Å². The highest BCUT2D eigenvalue weighted by Crippen LogP contribution is 2.56. The Morgan fingerprint density at radius 1 is 0.227 bits per heavy atom. The molecule has 12 aromatic rings. The molecule has 0 unspecified atom stereocenters. The van der Waals surface area contributed by atoms with E-state index in [1.54, 1.807) is 0 Å². The van der Waals surface area contributed by atoms with E-state index < -0.39 is 16.2 Å². The highest BCUT2D eigenvalue weighted by atomic mass is 15.1. The number of hydrogen-bond donors (Lipinski definition) is 0. The van der Waals surface area contributed by atoms with Crippen LogP contribution < -0.4 is 4.90 Å². The molecular weight excluding hydrogens is 1060 g/mol. The van der Waals surface area contributed by atoms with Gasteiger partial charge in [-0.3, -0.25) is 0 Å². The SMILES string of the molecule is C#Cc1cccc(C#CC2(c3ccc(N(c4ccc(C5(C#Cc6cccc(C#C)c6)c6ccccc6-c6ccccc65)cc4)c4ccc(C5(C#Cc6cccc(C#C)c6)c6ccccc6-c6ccccc65)cc4)cc3)c3ccccc3-c3ccccc32)c1. The van der Waals surface area contributed by atoms with Gasteiger partial charge in [-0.05, 0) is 174 Å². The molecule has 0 saturated heterocycles. The minimum atomic E-state index is -0.803. The standard InChI is InChI=1S/C87H51N/c1-4-61-22-19-25-64(58-61)52-55-85(79-34-13-7-28-73(79)74-29-8-14-35-80(74)85)67-40-46-70(47-41-67)88(71-48-42-68(43-49-71)86(56-53-65-26-20-23-62(5-2)59-65)81-36-15-9-30-75(81)76-31-10-16-37-82(76)86)72-50-44-69(45-51-72)87(57-54-66-27-21-24-63(6-3)60-66)83-38-17-11-32-77(83)78-33-12-18-39-84(78)87/h1-3,7-51,58-60H. The van der Waals surface area contributed by atoms with Gasteiger partial charge < -0.3 is 4.90 Å². The molecule has 12 aromatic carbocycles. The summed E-state index contributed by atoms with van der Waals surface area (Å²) in [6.07, 6.45) is 17.7. The van der Waals surface area contributed by atoms with Crippen LogP contribution in [0, 0.1) is 72.6 Å². The first kappa shape index (κ1) is 52.6. The molecule has 0 spiro atoms. The van der Waals surface area contributed by atoms with Gasteiger partial charge in [0.25, 0.3) is 0 Å². The smallest absolute Gasteiger partial charge is 0.108 e. The van der Waals surface area contributed by atoms with Crippen molar-refractivity contribution in [1.82, 2.24) is 0 Å². The van der Waals surface area contributed by atoms with Gasteiger partial charge in [-0.15, -0.1) is 19.3 Å². The van der Waals surface area contributed by atoms with Crippen LogP contribution in [0.25, 0.3) is 33.4 Å². The number of rotatable bonds is 6. The lowest BCUT2D eigenvalue weighted by Gasteiger charge is -2.31. The molecule has 0 amide bonds. The molecule has 3 aliphatic carbocycles. The van der Waals surface area contributed by atoms with Crippen molar-refractivity contribution in [3.63, 3.8) is 0 Å². The van der Waals surface area contributed by atoms with Crippen LogP contribution in [-0.4, -0.2) is 0 Å². The molecule has 0 atom stereocenters. The third-order valence-electron chi connectivity index (χ3n) is 17.8. The first-order chi connectivity index (χ1) is 43.4.